The highest BCUT2D eigenvalue weighted by Crippen LogP contribution is 2.24. The van der Waals surface area contributed by atoms with Gasteiger partial charge in [-0.25, -0.2) is 4.98 Å². The molecule has 4 rings (SSSR count). The van der Waals surface area contributed by atoms with Gasteiger partial charge in [-0.2, -0.15) is 0 Å². The van der Waals surface area contributed by atoms with Crippen molar-refractivity contribution < 1.29 is 14.3 Å². The van der Waals surface area contributed by atoms with Crippen LogP contribution in [-0.2, 0) is 9.53 Å². The number of carbonyl (C=O) groups is 2. The van der Waals surface area contributed by atoms with E-state index in [2.05, 4.69) is 15.2 Å². The molecule has 0 radical (unpaired) electrons. The maximum atomic E-state index is 12.5. The van der Waals surface area contributed by atoms with E-state index in [4.69, 9.17) is 4.74 Å². The third-order valence-electron chi connectivity index (χ3n) is 4.83. The van der Waals surface area contributed by atoms with Crippen molar-refractivity contribution in [1.82, 2.24) is 4.98 Å². The molecule has 1 aromatic heterocycles. The molecule has 2 fully saturated rings. The average Bonchev–Trinajstić information content (AvgIpc) is 3.15. The number of nitrogens with zero attached hydrogens (tertiary/aromatic N) is 3. The summed E-state index contributed by atoms with van der Waals surface area (Å²) in [5.74, 6) is 0.756. The monoisotopic (exact) mass is 366 g/mol. The topological polar surface area (TPSA) is 74.8 Å². The quantitative estimate of drug-likeness (QED) is 0.899. The van der Waals surface area contributed by atoms with E-state index < -0.39 is 0 Å². The lowest BCUT2D eigenvalue weighted by atomic mass is 10.2. The summed E-state index contributed by atoms with van der Waals surface area (Å²) in [5, 5.41) is 2.89. The van der Waals surface area contributed by atoms with E-state index in [1.54, 1.807) is 17.2 Å². The number of aromatic nitrogens is 1. The highest BCUT2D eigenvalue weighted by atomic mass is 16.5. The van der Waals surface area contributed by atoms with Gasteiger partial charge in [0.05, 0.1) is 18.8 Å². The Kier molecular flexibility index (Phi) is 5.02. The number of carbonyl (C=O) groups excluding carboxylic acids is 2. The molecule has 1 aromatic carbocycles. The van der Waals surface area contributed by atoms with Gasteiger partial charge in [0, 0.05) is 43.6 Å². The Morgan fingerprint density at radius 1 is 1.11 bits per heavy atom. The number of anilines is 3. The van der Waals surface area contributed by atoms with Crippen LogP contribution in [0.1, 0.15) is 23.2 Å². The average molecular weight is 366 g/mol. The maximum Gasteiger partial charge on any atom is 0.257 e. The fourth-order valence-electron chi connectivity index (χ4n) is 3.38. The lowest BCUT2D eigenvalue weighted by Gasteiger charge is -2.27. The normalized spacial score (nSPS) is 17.3. The first-order valence-corrected chi connectivity index (χ1v) is 9.21. The van der Waals surface area contributed by atoms with Crippen molar-refractivity contribution in [3.63, 3.8) is 0 Å². The molecular formula is C20H22N4O3. The second kappa shape index (κ2) is 7.75. The van der Waals surface area contributed by atoms with Crippen molar-refractivity contribution in [2.24, 2.45) is 0 Å². The Balaban J connectivity index is 1.43. The Labute approximate surface area is 157 Å². The van der Waals surface area contributed by atoms with E-state index in [-0.39, 0.29) is 11.8 Å². The molecule has 0 saturated carbocycles. The standard InChI is InChI=1S/C20H22N4O3/c25-19-5-2-8-24(19)17-4-1-3-16(13-17)22-20(26)15-6-7-18(21-14-15)23-9-11-27-12-10-23/h1,3-4,6-7,13-14H,2,5,8-12H2,(H,22,26). The van der Waals surface area contributed by atoms with Gasteiger partial charge in [0.2, 0.25) is 5.91 Å². The number of ether oxygens (including phenoxy) is 1. The van der Waals surface area contributed by atoms with Gasteiger partial charge in [0.15, 0.2) is 0 Å². The van der Waals surface area contributed by atoms with E-state index in [0.29, 0.717) is 30.9 Å². The van der Waals surface area contributed by atoms with E-state index >= 15 is 0 Å². The molecule has 7 nitrogen and oxygen atoms in total. The van der Waals surface area contributed by atoms with E-state index in [1.807, 2.05) is 30.3 Å². The van der Waals surface area contributed by atoms with E-state index in [9.17, 15) is 9.59 Å². The minimum Gasteiger partial charge on any atom is -0.378 e. The van der Waals surface area contributed by atoms with Gasteiger partial charge >= 0.3 is 0 Å². The third-order valence-corrected chi connectivity index (χ3v) is 4.83. The van der Waals surface area contributed by atoms with Crippen LogP contribution in [0.25, 0.3) is 0 Å². The highest BCUT2D eigenvalue weighted by molar-refractivity contribution is 6.04. The van der Waals surface area contributed by atoms with E-state index in [1.165, 1.54) is 0 Å². The summed E-state index contributed by atoms with van der Waals surface area (Å²) < 4.78 is 5.34. The summed E-state index contributed by atoms with van der Waals surface area (Å²) in [6, 6.07) is 11.0. The van der Waals surface area contributed by atoms with Gasteiger partial charge in [0.25, 0.3) is 5.91 Å². The minimum atomic E-state index is -0.221. The van der Waals surface area contributed by atoms with Gasteiger partial charge in [-0.05, 0) is 36.8 Å². The first-order chi connectivity index (χ1) is 13.2. The second-order valence-corrected chi connectivity index (χ2v) is 6.66. The molecule has 2 amide bonds. The third kappa shape index (κ3) is 3.93. The zero-order valence-corrected chi connectivity index (χ0v) is 15.1. The molecule has 0 spiro atoms. The van der Waals surface area contributed by atoms with Gasteiger partial charge < -0.3 is 19.9 Å². The van der Waals surface area contributed by atoms with E-state index in [0.717, 1.165) is 37.6 Å². The minimum absolute atomic E-state index is 0.126. The number of hydrogen-bond acceptors (Lipinski definition) is 5. The smallest absolute Gasteiger partial charge is 0.257 e. The largest absolute Gasteiger partial charge is 0.378 e. The van der Waals surface area contributed by atoms with Crippen molar-refractivity contribution in [3.05, 3.63) is 48.2 Å². The Bertz CT molecular complexity index is 831. The summed E-state index contributed by atoms with van der Waals surface area (Å²) in [7, 11) is 0. The predicted molar refractivity (Wildman–Crippen MR) is 103 cm³/mol. The van der Waals surface area contributed by atoms with Gasteiger partial charge in [-0.1, -0.05) is 6.07 Å². The summed E-state index contributed by atoms with van der Waals surface area (Å²) in [6.07, 6.45) is 3.04. The Morgan fingerprint density at radius 3 is 2.67 bits per heavy atom. The fraction of sp³-hybridized carbons (Fsp3) is 0.350. The number of rotatable bonds is 4. The van der Waals surface area contributed by atoms with Gasteiger partial charge in [-0.3, -0.25) is 9.59 Å². The van der Waals surface area contributed by atoms with Crippen molar-refractivity contribution in [3.8, 4) is 0 Å². The molecule has 2 aromatic rings. The zero-order chi connectivity index (χ0) is 18.6. The molecule has 0 aliphatic carbocycles. The lowest BCUT2D eigenvalue weighted by molar-refractivity contribution is -0.117. The van der Waals surface area contributed by atoms with Crippen LogP contribution >= 0.6 is 0 Å². The molecule has 2 saturated heterocycles. The summed E-state index contributed by atoms with van der Waals surface area (Å²) in [6.45, 7) is 3.73. The maximum absolute atomic E-state index is 12.5. The molecule has 0 unspecified atom stereocenters. The Morgan fingerprint density at radius 2 is 1.96 bits per heavy atom. The van der Waals surface area contributed by atoms with Crippen LogP contribution in [0, 0.1) is 0 Å². The van der Waals surface area contributed by atoms with Crippen molar-refractivity contribution >= 4 is 29.0 Å². The first kappa shape index (κ1) is 17.5. The zero-order valence-electron chi connectivity index (χ0n) is 15.1. The summed E-state index contributed by atoms with van der Waals surface area (Å²) in [5.41, 5.74) is 1.97. The highest BCUT2D eigenvalue weighted by Gasteiger charge is 2.22. The number of pyridine rings is 1. The van der Waals surface area contributed by atoms with Crippen LogP contribution in [0.4, 0.5) is 17.2 Å². The van der Waals surface area contributed by atoms with Crippen LogP contribution < -0.4 is 15.1 Å². The lowest BCUT2D eigenvalue weighted by Crippen LogP contribution is -2.36. The molecule has 27 heavy (non-hydrogen) atoms. The molecule has 0 bridgehead atoms. The number of nitrogens with one attached hydrogen (secondary N) is 1. The fourth-order valence-corrected chi connectivity index (χ4v) is 3.38. The SMILES string of the molecule is O=C(Nc1cccc(N2CCCC2=O)c1)c1ccc(N2CCOCC2)nc1. The molecule has 7 heteroatoms. The summed E-state index contributed by atoms with van der Waals surface area (Å²) >= 11 is 0. The molecule has 0 atom stereocenters. The first-order valence-electron chi connectivity index (χ1n) is 9.21. The second-order valence-electron chi connectivity index (χ2n) is 6.66. The van der Waals surface area contributed by atoms with Crippen LogP contribution in [0.15, 0.2) is 42.6 Å². The molecule has 3 heterocycles. The number of hydrogen-bond donors (Lipinski definition) is 1. The molecule has 2 aliphatic heterocycles. The van der Waals surface area contributed by atoms with Crippen LogP contribution in [-0.4, -0.2) is 49.6 Å². The molecule has 1 N–H and O–H groups in total. The van der Waals surface area contributed by atoms with Crippen LogP contribution in [0.5, 0.6) is 0 Å². The van der Waals surface area contributed by atoms with Crippen molar-refractivity contribution in [2.45, 2.75) is 12.8 Å². The Hall–Kier alpha value is -2.93. The van der Waals surface area contributed by atoms with Gasteiger partial charge in [-0.15, -0.1) is 0 Å². The van der Waals surface area contributed by atoms with Crippen LogP contribution in [0.3, 0.4) is 0 Å². The molecule has 2 aliphatic rings. The van der Waals surface area contributed by atoms with Crippen molar-refractivity contribution in [1.29, 1.82) is 0 Å². The van der Waals surface area contributed by atoms with Gasteiger partial charge in [0.1, 0.15) is 5.82 Å². The summed E-state index contributed by atoms with van der Waals surface area (Å²) in [4.78, 5) is 32.8. The molecular weight excluding hydrogens is 344 g/mol. The predicted octanol–water partition coefficient (Wildman–Crippen LogP) is 2.30. The van der Waals surface area contributed by atoms with Crippen LogP contribution in [0.2, 0.25) is 0 Å². The number of benzene rings is 1. The number of morpholine rings is 1. The molecule has 140 valence electrons. The van der Waals surface area contributed by atoms with Crippen molar-refractivity contribution in [2.75, 3.05) is 48.0 Å². The number of amides is 2.